The molecule has 1 aliphatic heterocycles. The van der Waals surface area contributed by atoms with Crippen LogP contribution in [0.25, 0.3) is 6.08 Å². The maximum atomic E-state index is 12.5. The number of rotatable bonds is 5. The van der Waals surface area contributed by atoms with Gasteiger partial charge in [0.25, 0.3) is 0 Å². The largest absolute Gasteiger partial charge is 0.493 e. The Bertz CT molecular complexity index is 1220. The van der Waals surface area contributed by atoms with Gasteiger partial charge in [0.15, 0.2) is 11.5 Å². The number of carbonyl (C=O) groups excluding carboxylic acids is 2. The lowest BCUT2D eigenvalue weighted by Crippen LogP contribution is -2.10. The molecule has 0 amide bonds. The molecule has 154 valence electrons. The Morgan fingerprint density at radius 1 is 1.00 bits per heavy atom. The summed E-state index contributed by atoms with van der Waals surface area (Å²) < 4.78 is 10.8. The normalized spacial score (nSPS) is 14.2. The number of esters is 1. The van der Waals surface area contributed by atoms with Crippen LogP contribution in [-0.2, 0) is 9.63 Å². The van der Waals surface area contributed by atoms with Crippen molar-refractivity contribution in [1.29, 1.82) is 0 Å². The van der Waals surface area contributed by atoms with Gasteiger partial charge in [-0.1, -0.05) is 65.3 Å². The van der Waals surface area contributed by atoms with Crippen LogP contribution in [-0.4, -0.2) is 24.8 Å². The van der Waals surface area contributed by atoms with E-state index in [0.29, 0.717) is 27.6 Å². The van der Waals surface area contributed by atoms with Gasteiger partial charge in [0.1, 0.15) is 5.71 Å². The van der Waals surface area contributed by atoms with Crippen molar-refractivity contribution in [3.63, 3.8) is 0 Å². The van der Waals surface area contributed by atoms with Crippen molar-refractivity contribution in [2.75, 3.05) is 7.11 Å². The third-order valence-corrected chi connectivity index (χ3v) is 4.87. The maximum absolute atomic E-state index is 12.5. The van der Waals surface area contributed by atoms with Crippen molar-refractivity contribution < 1.29 is 23.9 Å². The molecule has 0 saturated heterocycles. The van der Waals surface area contributed by atoms with Gasteiger partial charge < -0.3 is 14.3 Å². The van der Waals surface area contributed by atoms with E-state index in [0.717, 1.165) is 5.56 Å². The topological polar surface area (TPSA) is 74.2 Å². The van der Waals surface area contributed by atoms with Crippen molar-refractivity contribution in [2.24, 2.45) is 5.16 Å². The Morgan fingerprint density at radius 2 is 1.74 bits per heavy atom. The standard InChI is InChI=1S/C24H16ClNO5/c1-29-21-14-15(11-12-20(21)30-23(27)17-9-5-6-10-19(17)25)13-18-22(26-31-24(18)28)16-7-3-2-4-8-16/h2-14H,1H3/b18-13-. The minimum Gasteiger partial charge on any atom is -0.493 e. The smallest absolute Gasteiger partial charge is 0.368 e. The Labute approximate surface area is 183 Å². The van der Waals surface area contributed by atoms with Crippen LogP contribution in [0, 0.1) is 0 Å². The number of oxime groups is 1. The Morgan fingerprint density at radius 3 is 2.48 bits per heavy atom. The van der Waals surface area contributed by atoms with E-state index in [1.807, 2.05) is 30.3 Å². The highest BCUT2D eigenvalue weighted by atomic mass is 35.5. The second-order valence-electron chi connectivity index (χ2n) is 6.52. The van der Waals surface area contributed by atoms with Gasteiger partial charge in [-0.3, -0.25) is 0 Å². The maximum Gasteiger partial charge on any atom is 0.368 e. The average molecular weight is 434 g/mol. The van der Waals surface area contributed by atoms with E-state index >= 15 is 0 Å². The minimum absolute atomic E-state index is 0.223. The second-order valence-corrected chi connectivity index (χ2v) is 6.93. The van der Waals surface area contributed by atoms with E-state index in [9.17, 15) is 9.59 Å². The van der Waals surface area contributed by atoms with Gasteiger partial charge in [-0.05, 0) is 35.9 Å². The fraction of sp³-hybridized carbons (Fsp3) is 0.0417. The minimum atomic E-state index is -0.604. The number of nitrogens with zero attached hydrogens (tertiary/aromatic N) is 1. The van der Waals surface area contributed by atoms with Crippen molar-refractivity contribution in [1.82, 2.24) is 0 Å². The molecule has 0 fully saturated rings. The summed E-state index contributed by atoms with van der Waals surface area (Å²) >= 11 is 6.06. The summed E-state index contributed by atoms with van der Waals surface area (Å²) in [5.41, 5.74) is 2.41. The van der Waals surface area contributed by atoms with Crippen LogP contribution in [0.15, 0.2) is 83.5 Å². The average Bonchev–Trinajstić information content (AvgIpc) is 3.15. The van der Waals surface area contributed by atoms with Crippen molar-refractivity contribution in [2.45, 2.75) is 0 Å². The molecule has 0 aromatic heterocycles. The fourth-order valence-corrected chi connectivity index (χ4v) is 3.23. The van der Waals surface area contributed by atoms with Crippen molar-refractivity contribution >= 4 is 35.3 Å². The first kappa shape index (κ1) is 20.4. The number of hydrogen-bond acceptors (Lipinski definition) is 6. The summed E-state index contributed by atoms with van der Waals surface area (Å²) in [6.07, 6.45) is 1.64. The van der Waals surface area contributed by atoms with Crippen LogP contribution < -0.4 is 9.47 Å². The molecule has 0 radical (unpaired) electrons. The quantitative estimate of drug-likeness (QED) is 0.247. The first-order valence-electron chi connectivity index (χ1n) is 9.28. The first-order chi connectivity index (χ1) is 15.1. The summed E-state index contributed by atoms with van der Waals surface area (Å²) in [4.78, 5) is 29.5. The molecule has 4 rings (SSSR count). The van der Waals surface area contributed by atoms with Crippen LogP contribution in [0.2, 0.25) is 5.02 Å². The summed E-state index contributed by atoms with van der Waals surface area (Å²) in [5, 5.41) is 4.18. The number of benzene rings is 3. The molecule has 0 spiro atoms. The number of halogens is 1. The predicted octanol–water partition coefficient (Wildman–Crippen LogP) is 4.91. The second kappa shape index (κ2) is 8.85. The molecule has 3 aromatic carbocycles. The zero-order chi connectivity index (χ0) is 21.8. The van der Waals surface area contributed by atoms with Crippen molar-refractivity contribution in [3.8, 4) is 11.5 Å². The molecule has 3 aromatic rings. The van der Waals surface area contributed by atoms with Gasteiger partial charge in [0, 0.05) is 5.56 Å². The van der Waals surface area contributed by atoms with Gasteiger partial charge in [-0.25, -0.2) is 9.59 Å². The lowest BCUT2D eigenvalue weighted by atomic mass is 10.0. The zero-order valence-electron chi connectivity index (χ0n) is 16.4. The highest BCUT2D eigenvalue weighted by Crippen LogP contribution is 2.31. The Kier molecular flexibility index (Phi) is 5.82. The van der Waals surface area contributed by atoms with Gasteiger partial charge in [-0.15, -0.1) is 0 Å². The van der Waals surface area contributed by atoms with Crippen LogP contribution in [0.1, 0.15) is 21.5 Å². The van der Waals surface area contributed by atoms with Gasteiger partial charge in [-0.2, -0.15) is 0 Å². The molecular weight excluding hydrogens is 418 g/mol. The molecule has 6 nitrogen and oxygen atoms in total. The van der Waals surface area contributed by atoms with Crippen LogP contribution in [0.3, 0.4) is 0 Å². The first-order valence-corrected chi connectivity index (χ1v) is 9.66. The molecule has 0 unspecified atom stereocenters. The molecule has 0 saturated carbocycles. The number of methoxy groups -OCH3 is 1. The SMILES string of the molecule is COc1cc(/C=C2\C(=O)ON=C2c2ccccc2)ccc1OC(=O)c1ccccc1Cl. The molecule has 0 atom stereocenters. The molecule has 0 aliphatic carbocycles. The third-order valence-electron chi connectivity index (χ3n) is 4.54. The van der Waals surface area contributed by atoms with E-state index in [1.54, 1.807) is 48.5 Å². The predicted molar refractivity (Wildman–Crippen MR) is 116 cm³/mol. The fourth-order valence-electron chi connectivity index (χ4n) is 3.02. The van der Waals surface area contributed by atoms with Gasteiger partial charge in [0.05, 0.1) is 23.3 Å². The van der Waals surface area contributed by atoms with E-state index in [2.05, 4.69) is 5.16 Å². The monoisotopic (exact) mass is 433 g/mol. The summed E-state index contributed by atoms with van der Waals surface area (Å²) in [7, 11) is 1.46. The summed E-state index contributed by atoms with van der Waals surface area (Å²) in [6, 6.07) is 20.8. The van der Waals surface area contributed by atoms with Crippen LogP contribution in [0.5, 0.6) is 11.5 Å². The number of hydrogen-bond donors (Lipinski definition) is 0. The Hall–Kier alpha value is -3.90. The van der Waals surface area contributed by atoms with Gasteiger partial charge in [0.2, 0.25) is 0 Å². The molecule has 0 N–H and O–H groups in total. The molecule has 1 aliphatic rings. The molecule has 7 heteroatoms. The Balaban J connectivity index is 1.62. The molecule has 0 bridgehead atoms. The van der Waals surface area contributed by atoms with Crippen LogP contribution >= 0.6 is 11.6 Å². The zero-order valence-corrected chi connectivity index (χ0v) is 17.1. The number of ether oxygens (including phenoxy) is 2. The van der Waals surface area contributed by atoms with E-state index in [1.165, 1.54) is 7.11 Å². The van der Waals surface area contributed by atoms with Crippen LogP contribution in [0.4, 0.5) is 0 Å². The van der Waals surface area contributed by atoms with Crippen molar-refractivity contribution in [3.05, 3.63) is 100 Å². The number of carbonyl (C=O) groups is 2. The molecule has 31 heavy (non-hydrogen) atoms. The lowest BCUT2D eigenvalue weighted by Gasteiger charge is -2.11. The molecule has 1 heterocycles. The molecular formula is C24H16ClNO5. The summed E-state index contributed by atoms with van der Waals surface area (Å²) in [6.45, 7) is 0. The van der Waals surface area contributed by atoms with E-state index in [-0.39, 0.29) is 11.3 Å². The third kappa shape index (κ3) is 4.34. The highest BCUT2D eigenvalue weighted by molar-refractivity contribution is 6.33. The highest BCUT2D eigenvalue weighted by Gasteiger charge is 2.27. The summed E-state index contributed by atoms with van der Waals surface area (Å²) in [5.74, 6) is -0.611. The van der Waals surface area contributed by atoms with E-state index < -0.39 is 11.9 Å². The van der Waals surface area contributed by atoms with Gasteiger partial charge >= 0.3 is 11.9 Å². The van der Waals surface area contributed by atoms with E-state index in [4.69, 9.17) is 25.9 Å². The lowest BCUT2D eigenvalue weighted by molar-refractivity contribution is -0.136.